The van der Waals surface area contributed by atoms with Crippen LogP contribution in [0.2, 0.25) is 10.0 Å². The molecule has 0 spiro atoms. The van der Waals surface area contributed by atoms with Crippen molar-refractivity contribution in [1.82, 2.24) is 0 Å². The molecule has 1 aromatic carbocycles. The summed E-state index contributed by atoms with van der Waals surface area (Å²) in [6, 6.07) is 4.99. The Morgan fingerprint density at radius 3 is 2.50 bits per heavy atom. The number of hydrogen-bond donors (Lipinski definition) is 1. The number of benzene rings is 1. The first-order chi connectivity index (χ1) is 7.33. The first-order valence-corrected chi connectivity index (χ1v) is 5.32. The van der Waals surface area contributed by atoms with Gasteiger partial charge in [-0.1, -0.05) is 29.3 Å². The van der Waals surface area contributed by atoms with E-state index < -0.39 is 11.5 Å². The number of carboxylic acids is 1. The van der Waals surface area contributed by atoms with Gasteiger partial charge >= 0.3 is 5.97 Å². The van der Waals surface area contributed by atoms with Gasteiger partial charge in [-0.25, -0.2) is 4.79 Å². The Bertz CT molecular complexity index is 442. The lowest BCUT2D eigenvalue weighted by atomic mass is 10.1. The highest BCUT2D eigenvalue weighted by molar-refractivity contribution is 6.42. The van der Waals surface area contributed by atoms with E-state index in [1.54, 1.807) is 18.2 Å². The Morgan fingerprint density at radius 2 is 2.00 bits per heavy atom. The summed E-state index contributed by atoms with van der Waals surface area (Å²) in [5.41, 5.74) is -0.435. The van der Waals surface area contributed by atoms with Gasteiger partial charge in [-0.15, -0.1) is 0 Å². The van der Waals surface area contributed by atoms with Crippen LogP contribution in [0.4, 0.5) is 0 Å². The molecule has 0 radical (unpaired) electrons. The van der Waals surface area contributed by atoms with Crippen molar-refractivity contribution in [3.8, 4) is 0 Å². The molecular weight excluding hydrogens is 249 g/mol. The number of carbonyl (C=O) groups is 1. The Labute approximate surface area is 104 Å². The Balaban J connectivity index is 2.93. The second-order valence-electron chi connectivity index (χ2n) is 3.80. The molecule has 1 aromatic rings. The predicted molar refractivity (Wildman–Crippen MR) is 65.8 cm³/mol. The average Bonchev–Trinajstić information content (AvgIpc) is 2.20. The smallest absolute Gasteiger partial charge is 0.330 e. The van der Waals surface area contributed by atoms with Gasteiger partial charge in [0.2, 0.25) is 0 Å². The van der Waals surface area contributed by atoms with Crippen molar-refractivity contribution < 1.29 is 9.90 Å². The van der Waals surface area contributed by atoms with Crippen molar-refractivity contribution in [2.75, 3.05) is 0 Å². The molecule has 0 aliphatic carbocycles. The van der Waals surface area contributed by atoms with Crippen LogP contribution in [-0.4, -0.2) is 22.8 Å². The highest BCUT2D eigenvalue weighted by atomic mass is 35.5. The van der Waals surface area contributed by atoms with Crippen LogP contribution in [0.15, 0.2) is 23.2 Å². The van der Waals surface area contributed by atoms with E-state index in [1.165, 1.54) is 20.1 Å². The van der Waals surface area contributed by atoms with E-state index >= 15 is 0 Å². The summed E-state index contributed by atoms with van der Waals surface area (Å²) >= 11 is 11.6. The lowest BCUT2D eigenvalue weighted by Crippen LogP contribution is -2.28. The molecule has 16 heavy (non-hydrogen) atoms. The minimum atomic E-state index is -1.15. The van der Waals surface area contributed by atoms with Crippen molar-refractivity contribution >= 4 is 35.4 Å². The van der Waals surface area contributed by atoms with Gasteiger partial charge in [-0.05, 0) is 31.5 Å². The summed E-state index contributed by atoms with van der Waals surface area (Å²) in [6.45, 7) is 3.03. The second-order valence-corrected chi connectivity index (χ2v) is 4.61. The fourth-order valence-corrected chi connectivity index (χ4v) is 1.19. The van der Waals surface area contributed by atoms with E-state index in [4.69, 9.17) is 28.3 Å². The van der Waals surface area contributed by atoms with Crippen LogP contribution >= 0.6 is 23.2 Å². The van der Waals surface area contributed by atoms with Crippen molar-refractivity contribution in [1.29, 1.82) is 0 Å². The largest absolute Gasteiger partial charge is 0.479 e. The van der Waals surface area contributed by atoms with Crippen LogP contribution in [0.5, 0.6) is 0 Å². The zero-order valence-corrected chi connectivity index (χ0v) is 10.4. The highest BCUT2D eigenvalue weighted by Crippen LogP contribution is 2.22. The molecule has 0 bridgehead atoms. The maximum Gasteiger partial charge on any atom is 0.330 e. The Kier molecular flexibility index (Phi) is 3.94. The highest BCUT2D eigenvalue weighted by Gasteiger charge is 2.24. The molecule has 1 rings (SSSR count). The van der Waals surface area contributed by atoms with Crippen molar-refractivity contribution in [3.05, 3.63) is 33.8 Å². The zero-order valence-electron chi connectivity index (χ0n) is 8.87. The Hall–Kier alpha value is -1.06. The maximum absolute atomic E-state index is 10.8. The maximum atomic E-state index is 10.8. The van der Waals surface area contributed by atoms with Gasteiger partial charge in [0.1, 0.15) is 0 Å². The molecule has 1 N–H and O–H groups in total. The molecule has 0 heterocycles. The SMILES string of the molecule is CC(C)(N=Cc1ccc(Cl)c(Cl)c1)C(=O)O. The summed E-state index contributed by atoms with van der Waals surface area (Å²) in [7, 11) is 0. The number of aliphatic imine (C=N–C) groups is 1. The molecule has 0 saturated heterocycles. The third-order valence-electron chi connectivity index (χ3n) is 2.00. The average molecular weight is 260 g/mol. The molecule has 0 unspecified atom stereocenters. The molecule has 0 saturated carbocycles. The minimum absolute atomic E-state index is 0.416. The standard InChI is InChI=1S/C11H11Cl2NO2/c1-11(2,10(15)16)14-6-7-3-4-8(12)9(13)5-7/h3-6H,1-2H3,(H,15,16). The molecule has 0 fully saturated rings. The van der Waals surface area contributed by atoms with Gasteiger partial charge in [-0.2, -0.15) is 0 Å². The predicted octanol–water partition coefficient (Wildman–Crippen LogP) is 3.28. The van der Waals surface area contributed by atoms with Crippen molar-refractivity contribution in [2.24, 2.45) is 4.99 Å². The molecule has 0 aromatic heterocycles. The van der Waals surface area contributed by atoms with Crippen molar-refractivity contribution in [3.63, 3.8) is 0 Å². The van der Waals surface area contributed by atoms with E-state index in [1.807, 2.05) is 0 Å². The summed E-state index contributed by atoms with van der Waals surface area (Å²) in [5.74, 6) is -0.983. The quantitative estimate of drug-likeness (QED) is 0.848. The summed E-state index contributed by atoms with van der Waals surface area (Å²) in [4.78, 5) is 14.8. The summed E-state index contributed by atoms with van der Waals surface area (Å²) < 4.78 is 0. The summed E-state index contributed by atoms with van der Waals surface area (Å²) in [6.07, 6.45) is 1.47. The third kappa shape index (κ3) is 3.22. The van der Waals surface area contributed by atoms with E-state index in [0.717, 1.165) is 0 Å². The van der Waals surface area contributed by atoms with Crippen LogP contribution in [0.3, 0.4) is 0 Å². The van der Waals surface area contributed by atoms with Gasteiger partial charge in [0.05, 0.1) is 10.0 Å². The topological polar surface area (TPSA) is 49.7 Å². The van der Waals surface area contributed by atoms with Gasteiger partial charge in [-0.3, -0.25) is 4.99 Å². The number of halogens is 2. The minimum Gasteiger partial charge on any atom is -0.479 e. The number of carboxylic acid groups (broad SMARTS) is 1. The number of hydrogen-bond acceptors (Lipinski definition) is 2. The number of nitrogens with zero attached hydrogens (tertiary/aromatic N) is 1. The van der Waals surface area contributed by atoms with Crippen LogP contribution in [0, 0.1) is 0 Å². The van der Waals surface area contributed by atoms with E-state index in [2.05, 4.69) is 4.99 Å². The third-order valence-corrected chi connectivity index (χ3v) is 2.74. The van der Waals surface area contributed by atoms with Crippen LogP contribution in [0.1, 0.15) is 19.4 Å². The fraction of sp³-hybridized carbons (Fsp3) is 0.273. The Morgan fingerprint density at radius 1 is 1.38 bits per heavy atom. The molecule has 0 aliphatic rings. The second kappa shape index (κ2) is 4.85. The van der Waals surface area contributed by atoms with Gasteiger partial charge in [0.15, 0.2) is 5.54 Å². The van der Waals surface area contributed by atoms with Crippen LogP contribution < -0.4 is 0 Å². The molecule has 3 nitrogen and oxygen atoms in total. The lowest BCUT2D eigenvalue weighted by Gasteiger charge is -2.12. The normalized spacial score (nSPS) is 12.0. The summed E-state index contributed by atoms with van der Waals surface area (Å²) in [5, 5.41) is 9.73. The molecule has 0 aliphatic heterocycles. The number of aliphatic carboxylic acids is 1. The first kappa shape index (κ1) is 13.0. The molecule has 86 valence electrons. The lowest BCUT2D eigenvalue weighted by molar-refractivity contribution is -0.141. The zero-order chi connectivity index (χ0) is 12.3. The van der Waals surface area contributed by atoms with Crippen LogP contribution in [-0.2, 0) is 4.79 Å². The first-order valence-electron chi connectivity index (χ1n) is 4.56. The number of rotatable bonds is 3. The molecule has 0 amide bonds. The van der Waals surface area contributed by atoms with Crippen molar-refractivity contribution in [2.45, 2.75) is 19.4 Å². The van der Waals surface area contributed by atoms with Gasteiger partial charge in [0, 0.05) is 6.21 Å². The molecular formula is C11H11Cl2NO2. The molecule has 5 heteroatoms. The van der Waals surface area contributed by atoms with Crippen LogP contribution in [0.25, 0.3) is 0 Å². The van der Waals surface area contributed by atoms with E-state index in [-0.39, 0.29) is 0 Å². The van der Waals surface area contributed by atoms with E-state index in [9.17, 15) is 4.79 Å². The van der Waals surface area contributed by atoms with E-state index in [0.29, 0.717) is 15.6 Å². The monoisotopic (exact) mass is 259 g/mol. The van der Waals surface area contributed by atoms with Gasteiger partial charge in [0.25, 0.3) is 0 Å². The fourth-order valence-electron chi connectivity index (χ4n) is 0.884. The van der Waals surface area contributed by atoms with Gasteiger partial charge < -0.3 is 5.11 Å². The molecule has 0 atom stereocenters.